The van der Waals surface area contributed by atoms with Gasteiger partial charge in [-0.15, -0.1) is 11.3 Å². The van der Waals surface area contributed by atoms with E-state index in [1.54, 1.807) is 11.1 Å². The van der Waals surface area contributed by atoms with Crippen LogP contribution in [0.1, 0.15) is 37.8 Å². The van der Waals surface area contributed by atoms with Crippen molar-refractivity contribution in [2.24, 2.45) is 0 Å². The maximum atomic E-state index is 12.7. The van der Waals surface area contributed by atoms with Crippen molar-refractivity contribution >= 4 is 22.4 Å². The zero-order chi connectivity index (χ0) is 16.2. The number of thiazole rings is 1. The third kappa shape index (κ3) is 3.62. The van der Waals surface area contributed by atoms with Gasteiger partial charge in [-0.2, -0.15) is 0 Å². The molecule has 1 amide bonds. The Hall–Kier alpha value is -1.72. The molecule has 1 aliphatic rings. The first kappa shape index (κ1) is 16.1. The molecular weight excluding hydrogens is 306 g/mol. The Labute approximate surface area is 141 Å². The molecule has 4 nitrogen and oxygen atoms in total. The second-order valence-corrected chi connectivity index (χ2v) is 7.02. The lowest BCUT2D eigenvalue weighted by Crippen LogP contribution is -2.46. The summed E-state index contributed by atoms with van der Waals surface area (Å²) >= 11 is 1.49. The molecule has 0 saturated carbocycles. The van der Waals surface area contributed by atoms with Crippen molar-refractivity contribution in [3.63, 3.8) is 0 Å². The van der Waals surface area contributed by atoms with E-state index in [1.165, 1.54) is 23.3 Å². The van der Waals surface area contributed by atoms with Crippen molar-refractivity contribution < 1.29 is 4.79 Å². The highest BCUT2D eigenvalue weighted by Gasteiger charge is 2.31. The van der Waals surface area contributed by atoms with Crippen LogP contribution in [0.15, 0.2) is 41.9 Å². The highest BCUT2D eigenvalue weighted by atomic mass is 32.1. The highest BCUT2D eigenvalue weighted by molar-refractivity contribution is 7.13. The van der Waals surface area contributed by atoms with Gasteiger partial charge in [0.25, 0.3) is 0 Å². The number of likely N-dealkylation sites (tertiary alicyclic amines) is 1. The Morgan fingerprint density at radius 3 is 2.83 bits per heavy atom. The first-order chi connectivity index (χ1) is 11.2. The maximum Gasteiger partial charge on any atom is 0.242 e. The van der Waals surface area contributed by atoms with Crippen LogP contribution in [0.4, 0.5) is 5.13 Å². The summed E-state index contributed by atoms with van der Waals surface area (Å²) in [5.74, 6) is 0.106. The number of anilines is 1. The van der Waals surface area contributed by atoms with Crippen molar-refractivity contribution in [2.75, 3.05) is 18.5 Å². The molecule has 0 aliphatic carbocycles. The molecule has 122 valence electrons. The van der Waals surface area contributed by atoms with E-state index in [9.17, 15) is 4.79 Å². The number of benzene rings is 1. The van der Waals surface area contributed by atoms with E-state index < -0.39 is 0 Å². The van der Waals surface area contributed by atoms with Crippen molar-refractivity contribution in [3.05, 3.63) is 47.5 Å². The largest absolute Gasteiger partial charge is 0.290 e. The van der Waals surface area contributed by atoms with E-state index in [1.807, 2.05) is 18.5 Å². The summed E-state index contributed by atoms with van der Waals surface area (Å²) in [6.07, 6.45) is 5.22. The van der Waals surface area contributed by atoms with Crippen molar-refractivity contribution in [1.82, 2.24) is 9.88 Å². The van der Waals surface area contributed by atoms with Crippen LogP contribution >= 0.6 is 11.3 Å². The molecule has 2 heterocycles. The zero-order valence-corrected chi connectivity index (χ0v) is 14.5. The normalized spacial score (nSPS) is 22.0. The van der Waals surface area contributed by atoms with Crippen LogP contribution in [-0.2, 0) is 4.79 Å². The van der Waals surface area contributed by atoms with Crippen LogP contribution in [-0.4, -0.2) is 35.4 Å². The second-order valence-electron chi connectivity index (χ2n) is 6.15. The molecule has 5 heteroatoms. The quantitative estimate of drug-likeness (QED) is 0.858. The smallest absolute Gasteiger partial charge is 0.242 e. The van der Waals surface area contributed by atoms with Crippen LogP contribution in [0.5, 0.6) is 0 Å². The number of aromatic nitrogens is 1. The number of amides is 1. The van der Waals surface area contributed by atoms with Gasteiger partial charge in [0, 0.05) is 30.7 Å². The Morgan fingerprint density at radius 2 is 2.13 bits per heavy atom. The fourth-order valence-electron chi connectivity index (χ4n) is 3.30. The summed E-state index contributed by atoms with van der Waals surface area (Å²) < 4.78 is 0. The fourth-order valence-corrected chi connectivity index (χ4v) is 3.92. The monoisotopic (exact) mass is 329 g/mol. The number of likely N-dealkylation sites (N-methyl/N-ethyl adjacent to an activating group) is 1. The molecule has 0 N–H and O–H groups in total. The van der Waals surface area contributed by atoms with Gasteiger partial charge in [-0.05, 0) is 25.3 Å². The number of carbonyl (C=O) groups is 1. The van der Waals surface area contributed by atoms with Gasteiger partial charge >= 0.3 is 0 Å². The Kier molecular flexibility index (Phi) is 5.08. The summed E-state index contributed by atoms with van der Waals surface area (Å²) in [6, 6.07) is 11.3. The van der Waals surface area contributed by atoms with Crippen LogP contribution in [0, 0.1) is 0 Å². The van der Waals surface area contributed by atoms with Crippen LogP contribution in [0.25, 0.3) is 0 Å². The van der Waals surface area contributed by atoms with E-state index in [-0.39, 0.29) is 5.91 Å². The minimum atomic E-state index is 0.106. The summed E-state index contributed by atoms with van der Waals surface area (Å²) in [5, 5.41) is 2.66. The third-order valence-electron chi connectivity index (χ3n) is 4.65. The number of hydrogen-bond acceptors (Lipinski definition) is 4. The first-order valence-corrected chi connectivity index (χ1v) is 9.01. The van der Waals surface area contributed by atoms with Crippen molar-refractivity contribution in [2.45, 2.75) is 38.3 Å². The number of carbonyl (C=O) groups excluding carboxylic acids is 1. The van der Waals surface area contributed by atoms with Gasteiger partial charge in [0.2, 0.25) is 5.91 Å². The predicted molar refractivity (Wildman–Crippen MR) is 94.7 cm³/mol. The van der Waals surface area contributed by atoms with Crippen LogP contribution in [0.3, 0.4) is 0 Å². The topological polar surface area (TPSA) is 36.4 Å². The molecule has 0 spiro atoms. The molecule has 2 aromatic rings. The average Bonchev–Trinajstić information content (AvgIpc) is 3.11. The first-order valence-electron chi connectivity index (χ1n) is 8.13. The number of piperidine rings is 1. The van der Waals surface area contributed by atoms with Gasteiger partial charge in [0.15, 0.2) is 5.13 Å². The third-order valence-corrected chi connectivity index (χ3v) is 5.50. The summed E-state index contributed by atoms with van der Waals surface area (Å²) in [5.41, 5.74) is 1.31. The molecule has 3 rings (SSSR count). The Bertz CT molecular complexity index is 629. The van der Waals surface area contributed by atoms with Crippen LogP contribution in [0.2, 0.25) is 0 Å². The second kappa shape index (κ2) is 7.23. The number of rotatable bonds is 4. The van der Waals surface area contributed by atoms with Gasteiger partial charge in [0.1, 0.15) is 0 Å². The fraction of sp³-hybridized carbons (Fsp3) is 0.444. The van der Waals surface area contributed by atoms with Crippen molar-refractivity contribution in [3.8, 4) is 0 Å². The molecule has 1 fully saturated rings. The van der Waals surface area contributed by atoms with E-state index in [4.69, 9.17) is 0 Å². The van der Waals surface area contributed by atoms with Gasteiger partial charge < -0.3 is 0 Å². The molecular formula is C18H23N3OS. The molecule has 0 radical (unpaired) electrons. The van der Waals surface area contributed by atoms with Gasteiger partial charge in [-0.3, -0.25) is 14.6 Å². The Morgan fingerprint density at radius 1 is 1.35 bits per heavy atom. The minimum absolute atomic E-state index is 0.106. The molecule has 1 saturated heterocycles. The van der Waals surface area contributed by atoms with Gasteiger partial charge in [-0.25, -0.2) is 4.98 Å². The highest BCUT2D eigenvalue weighted by Crippen LogP contribution is 2.34. The maximum absolute atomic E-state index is 12.7. The summed E-state index contributed by atoms with van der Waals surface area (Å²) in [7, 11) is 1.81. The lowest BCUT2D eigenvalue weighted by Gasteiger charge is -2.41. The minimum Gasteiger partial charge on any atom is -0.290 e. The molecule has 1 aromatic heterocycles. The molecule has 23 heavy (non-hydrogen) atoms. The van der Waals surface area contributed by atoms with E-state index >= 15 is 0 Å². The lowest BCUT2D eigenvalue weighted by molar-refractivity contribution is -0.121. The summed E-state index contributed by atoms with van der Waals surface area (Å²) in [6.45, 7) is 2.67. The van der Waals surface area contributed by atoms with E-state index in [0.717, 1.165) is 18.0 Å². The summed E-state index contributed by atoms with van der Waals surface area (Å²) in [4.78, 5) is 20.9. The van der Waals surface area contributed by atoms with Gasteiger partial charge in [-0.1, -0.05) is 36.8 Å². The SMILES string of the molecule is C[C@@H]1CCC[C@H](c2ccccc2)N1CC(=O)N(C)c1nccs1. The van der Waals surface area contributed by atoms with E-state index in [0.29, 0.717) is 18.6 Å². The molecule has 0 bridgehead atoms. The molecule has 1 aliphatic heterocycles. The van der Waals surface area contributed by atoms with Crippen LogP contribution < -0.4 is 4.90 Å². The average molecular weight is 329 g/mol. The van der Waals surface area contributed by atoms with E-state index in [2.05, 4.69) is 41.1 Å². The lowest BCUT2D eigenvalue weighted by atomic mass is 9.91. The van der Waals surface area contributed by atoms with Crippen molar-refractivity contribution in [1.29, 1.82) is 0 Å². The zero-order valence-electron chi connectivity index (χ0n) is 13.7. The number of nitrogens with zero attached hydrogens (tertiary/aromatic N) is 3. The molecule has 1 aromatic carbocycles. The molecule has 0 unspecified atom stereocenters. The standard InChI is InChI=1S/C18H23N3OS/c1-14-7-6-10-16(15-8-4-3-5-9-15)21(14)13-17(22)20(2)18-19-11-12-23-18/h3-5,8-9,11-12,14,16H,6-7,10,13H2,1-2H3/t14-,16-/m1/s1. The predicted octanol–water partition coefficient (Wildman–Crippen LogP) is 3.72. The van der Waals surface area contributed by atoms with Gasteiger partial charge in [0.05, 0.1) is 6.54 Å². The number of hydrogen-bond donors (Lipinski definition) is 0. The molecule has 2 atom stereocenters. The Balaban J connectivity index is 1.76.